The molecule has 27 heavy (non-hydrogen) atoms. The minimum absolute atomic E-state index is 0.178. The standard InChI is InChI=1S/C19H19BrF3N3O/c1-25-8-10-26(11-9-25)17-7-4-14(19(21,22)23)12-16(17)24-18(27)13-2-5-15(20)6-3-13/h2-7,12H,8-11H2,1H3,(H,24,27)/p+1. The maximum atomic E-state index is 13.2. The van der Waals surface area contributed by atoms with E-state index in [2.05, 4.69) is 28.3 Å². The predicted octanol–water partition coefficient (Wildman–Crippen LogP) is 3.05. The van der Waals surface area contributed by atoms with Crippen molar-refractivity contribution in [2.75, 3.05) is 43.4 Å². The fourth-order valence-electron chi connectivity index (χ4n) is 3.01. The molecule has 0 saturated carbocycles. The predicted molar refractivity (Wildman–Crippen MR) is 102 cm³/mol. The molecule has 0 atom stereocenters. The van der Waals surface area contributed by atoms with Crippen molar-refractivity contribution in [1.29, 1.82) is 0 Å². The molecule has 2 aromatic carbocycles. The van der Waals surface area contributed by atoms with E-state index in [1.54, 1.807) is 24.3 Å². The smallest absolute Gasteiger partial charge is 0.359 e. The second-order valence-corrected chi connectivity index (χ2v) is 7.55. The van der Waals surface area contributed by atoms with Crippen molar-refractivity contribution in [3.8, 4) is 0 Å². The monoisotopic (exact) mass is 442 g/mol. The van der Waals surface area contributed by atoms with E-state index in [-0.39, 0.29) is 5.69 Å². The van der Waals surface area contributed by atoms with Crippen molar-refractivity contribution in [3.05, 3.63) is 58.1 Å². The molecule has 0 bridgehead atoms. The molecule has 0 radical (unpaired) electrons. The topological polar surface area (TPSA) is 36.8 Å². The van der Waals surface area contributed by atoms with Gasteiger partial charge in [0.1, 0.15) is 0 Å². The van der Waals surface area contributed by atoms with E-state index in [0.29, 0.717) is 11.3 Å². The van der Waals surface area contributed by atoms with Gasteiger partial charge in [-0.15, -0.1) is 0 Å². The van der Waals surface area contributed by atoms with Crippen LogP contribution in [0.2, 0.25) is 0 Å². The number of hydrogen-bond donors (Lipinski definition) is 2. The van der Waals surface area contributed by atoms with E-state index in [1.165, 1.54) is 11.0 Å². The minimum Gasteiger partial charge on any atom is -0.359 e. The van der Waals surface area contributed by atoms with E-state index in [1.807, 2.05) is 4.90 Å². The normalized spacial score (nSPS) is 15.7. The quantitative estimate of drug-likeness (QED) is 0.766. The molecule has 2 aromatic rings. The van der Waals surface area contributed by atoms with Crippen LogP contribution in [-0.2, 0) is 6.18 Å². The third-order valence-corrected chi connectivity index (χ3v) is 5.16. The zero-order valence-electron chi connectivity index (χ0n) is 14.7. The zero-order valence-corrected chi connectivity index (χ0v) is 16.3. The summed E-state index contributed by atoms with van der Waals surface area (Å²) in [6.07, 6.45) is -4.47. The highest BCUT2D eigenvalue weighted by Crippen LogP contribution is 2.35. The number of likely N-dealkylation sites (N-methyl/N-ethyl adjacent to an activating group) is 1. The number of nitrogens with zero attached hydrogens (tertiary/aromatic N) is 1. The molecule has 0 spiro atoms. The number of benzene rings is 2. The van der Waals surface area contributed by atoms with Crippen molar-refractivity contribution in [2.24, 2.45) is 0 Å². The first-order chi connectivity index (χ1) is 12.7. The molecule has 1 aliphatic heterocycles. The number of anilines is 2. The Labute approximate surface area is 164 Å². The molecule has 0 aromatic heterocycles. The van der Waals surface area contributed by atoms with Gasteiger partial charge in [-0.05, 0) is 42.5 Å². The fourth-order valence-corrected chi connectivity index (χ4v) is 3.28. The number of halogens is 4. The highest BCUT2D eigenvalue weighted by atomic mass is 79.9. The molecule has 1 fully saturated rings. The molecular formula is C19H20BrF3N3O+. The number of hydrogen-bond acceptors (Lipinski definition) is 2. The second kappa shape index (κ2) is 7.90. The lowest BCUT2D eigenvalue weighted by atomic mass is 10.1. The van der Waals surface area contributed by atoms with Gasteiger partial charge >= 0.3 is 6.18 Å². The molecule has 1 aliphatic rings. The van der Waals surface area contributed by atoms with Gasteiger partial charge in [0, 0.05) is 10.0 Å². The maximum Gasteiger partial charge on any atom is 0.416 e. The lowest BCUT2D eigenvalue weighted by molar-refractivity contribution is -0.880. The SMILES string of the molecule is C[NH+]1CCN(c2ccc(C(F)(F)F)cc2NC(=O)c2ccc(Br)cc2)CC1. The summed E-state index contributed by atoms with van der Waals surface area (Å²) in [5, 5.41) is 2.66. The summed E-state index contributed by atoms with van der Waals surface area (Å²) >= 11 is 3.30. The largest absolute Gasteiger partial charge is 0.416 e. The van der Waals surface area contributed by atoms with Gasteiger partial charge in [-0.2, -0.15) is 13.2 Å². The fraction of sp³-hybridized carbons (Fsp3) is 0.316. The van der Waals surface area contributed by atoms with Crippen molar-refractivity contribution >= 4 is 33.2 Å². The van der Waals surface area contributed by atoms with Crippen LogP contribution in [0.5, 0.6) is 0 Å². The van der Waals surface area contributed by atoms with Crippen molar-refractivity contribution in [3.63, 3.8) is 0 Å². The van der Waals surface area contributed by atoms with Crippen LogP contribution in [0.1, 0.15) is 15.9 Å². The van der Waals surface area contributed by atoms with E-state index in [9.17, 15) is 18.0 Å². The Balaban J connectivity index is 1.92. The van der Waals surface area contributed by atoms with Crippen LogP contribution in [0.25, 0.3) is 0 Å². The lowest BCUT2D eigenvalue weighted by Crippen LogP contribution is -3.12. The highest BCUT2D eigenvalue weighted by Gasteiger charge is 2.32. The van der Waals surface area contributed by atoms with E-state index >= 15 is 0 Å². The van der Waals surface area contributed by atoms with E-state index in [4.69, 9.17) is 0 Å². The third-order valence-electron chi connectivity index (χ3n) is 4.64. The molecular weight excluding hydrogens is 423 g/mol. The number of carbonyl (C=O) groups is 1. The number of quaternary nitrogens is 1. The molecule has 0 unspecified atom stereocenters. The number of piperazine rings is 1. The van der Waals surface area contributed by atoms with Gasteiger partial charge in [0.15, 0.2) is 0 Å². The molecule has 2 N–H and O–H groups in total. The Morgan fingerprint density at radius 3 is 2.33 bits per heavy atom. The van der Waals surface area contributed by atoms with Crippen LogP contribution >= 0.6 is 15.9 Å². The Morgan fingerprint density at radius 2 is 1.74 bits per heavy atom. The Bertz CT molecular complexity index is 816. The first-order valence-electron chi connectivity index (χ1n) is 8.58. The average molecular weight is 443 g/mol. The number of alkyl halides is 3. The van der Waals surface area contributed by atoms with Gasteiger partial charge < -0.3 is 15.1 Å². The summed E-state index contributed by atoms with van der Waals surface area (Å²) in [5.41, 5.74) is 0.389. The van der Waals surface area contributed by atoms with Crippen LogP contribution in [-0.4, -0.2) is 39.1 Å². The first-order valence-corrected chi connectivity index (χ1v) is 9.38. The van der Waals surface area contributed by atoms with Crippen molar-refractivity contribution in [2.45, 2.75) is 6.18 Å². The molecule has 8 heteroatoms. The Morgan fingerprint density at radius 1 is 1.11 bits per heavy atom. The molecule has 1 heterocycles. The molecule has 144 valence electrons. The molecule has 3 rings (SSSR count). The maximum absolute atomic E-state index is 13.2. The molecule has 1 amide bonds. The number of rotatable bonds is 3. The van der Waals surface area contributed by atoms with Crippen LogP contribution in [0.3, 0.4) is 0 Å². The molecule has 1 saturated heterocycles. The van der Waals surface area contributed by atoms with Crippen LogP contribution in [0.4, 0.5) is 24.5 Å². The first kappa shape index (κ1) is 19.7. The van der Waals surface area contributed by atoms with Gasteiger partial charge in [0.2, 0.25) is 0 Å². The van der Waals surface area contributed by atoms with Crippen LogP contribution < -0.4 is 15.1 Å². The second-order valence-electron chi connectivity index (χ2n) is 6.63. The van der Waals surface area contributed by atoms with Gasteiger partial charge in [-0.25, -0.2) is 0 Å². The summed E-state index contributed by atoms with van der Waals surface area (Å²) in [7, 11) is 2.08. The van der Waals surface area contributed by atoms with E-state index < -0.39 is 17.6 Å². The van der Waals surface area contributed by atoms with Crippen molar-refractivity contribution < 1.29 is 22.9 Å². The van der Waals surface area contributed by atoms with Gasteiger partial charge in [-0.3, -0.25) is 4.79 Å². The summed E-state index contributed by atoms with van der Waals surface area (Å²) in [6, 6.07) is 10.2. The Hall–Kier alpha value is -2.06. The van der Waals surface area contributed by atoms with Gasteiger partial charge in [0.25, 0.3) is 5.91 Å². The summed E-state index contributed by atoms with van der Waals surface area (Å²) in [6.45, 7) is 3.22. The summed E-state index contributed by atoms with van der Waals surface area (Å²) < 4.78 is 40.3. The number of nitrogens with one attached hydrogen (secondary N) is 2. The van der Waals surface area contributed by atoms with E-state index in [0.717, 1.165) is 42.8 Å². The van der Waals surface area contributed by atoms with Gasteiger partial charge in [0.05, 0.1) is 50.2 Å². The summed E-state index contributed by atoms with van der Waals surface area (Å²) in [4.78, 5) is 15.9. The third kappa shape index (κ3) is 4.81. The Kier molecular flexibility index (Phi) is 5.76. The van der Waals surface area contributed by atoms with Gasteiger partial charge in [-0.1, -0.05) is 15.9 Å². The lowest BCUT2D eigenvalue weighted by Gasteiger charge is -2.33. The zero-order chi connectivity index (χ0) is 19.6. The van der Waals surface area contributed by atoms with Crippen LogP contribution in [0.15, 0.2) is 46.9 Å². The average Bonchev–Trinajstić information content (AvgIpc) is 2.62. The van der Waals surface area contributed by atoms with Crippen LogP contribution in [0, 0.1) is 0 Å². The summed E-state index contributed by atoms with van der Waals surface area (Å²) in [5.74, 6) is -0.442. The highest BCUT2D eigenvalue weighted by molar-refractivity contribution is 9.10. The van der Waals surface area contributed by atoms with Crippen molar-refractivity contribution in [1.82, 2.24) is 0 Å². The number of carbonyl (C=O) groups excluding carboxylic acids is 1. The number of amides is 1. The minimum atomic E-state index is -4.47. The molecule has 4 nitrogen and oxygen atoms in total. The molecule has 0 aliphatic carbocycles.